The molecule has 1 heterocycles. The highest BCUT2D eigenvalue weighted by molar-refractivity contribution is 7.17. The number of carbonyl (C=O) groups excluding carboxylic acids is 1. The Morgan fingerprint density at radius 2 is 2.20 bits per heavy atom. The minimum absolute atomic E-state index is 0.197. The van der Waals surface area contributed by atoms with Crippen molar-refractivity contribution in [2.45, 2.75) is 6.92 Å². The molecule has 1 N–H and O–H groups in total. The standard InChI is InChI=1S/C12H12ClN3O3S/c1-3-19-8-5-4-7(6-9(8)18-2)14-10(17)11-15-16-12(13)20-11/h4-6H,3H2,1-2H3,(H,14,17). The van der Waals surface area contributed by atoms with Gasteiger partial charge in [-0.2, -0.15) is 0 Å². The summed E-state index contributed by atoms with van der Waals surface area (Å²) in [5, 5.41) is 10.1. The highest BCUT2D eigenvalue weighted by Crippen LogP contribution is 2.30. The Balaban J connectivity index is 2.15. The molecule has 2 aromatic rings. The van der Waals surface area contributed by atoms with Crippen molar-refractivity contribution in [1.29, 1.82) is 0 Å². The Bertz CT molecular complexity index is 618. The van der Waals surface area contributed by atoms with Gasteiger partial charge in [0.15, 0.2) is 11.5 Å². The van der Waals surface area contributed by atoms with Crippen molar-refractivity contribution in [3.8, 4) is 11.5 Å². The Morgan fingerprint density at radius 3 is 2.80 bits per heavy atom. The molecule has 0 saturated carbocycles. The second kappa shape index (κ2) is 6.53. The first-order chi connectivity index (χ1) is 9.63. The van der Waals surface area contributed by atoms with E-state index < -0.39 is 0 Å². The maximum Gasteiger partial charge on any atom is 0.286 e. The first kappa shape index (κ1) is 14.5. The lowest BCUT2D eigenvalue weighted by atomic mass is 10.2. The van der Waals surface area contributed by atoms with Gasteiger partial charge in [0.1, 0.15) is 0 Å². The average Bonchev–Trinajstić information content (AvgIpc) is 2.87. The molecule has 1 aromatic heterocycles. The summed E-state index contributed by atoms with van der Waals surface area (Å²) in [6.07, 6.45) is 0. The molecule has 0 saturated heterocycles. The average molecular weight is 314 g/mol. The summed E-state index contributed by atoms with van der Waals surface area (Å²) < 4.78 is 10.8. The van der Waals surface area contributed by atoms with Crippen LogP contribution in [0.3, 0.4) is 0 Å². The second-order valence-electron chi connectivity index (χ2n) is 3.61. The molecule has 0 fully saturated rings. The third-order valence-corrected chi connectivity index (χ3v) is 3.33. The second-order valence-corrected chi connectivity index (χ2v) is 5.17. The van der Waals surface area contributed by atoms with Crippen LogP contribution in [0.4, 0.5) is 5.69 Å². The zero-order valence-electron chi connectivity index (χ0n) is 10.8. The molecule has 0 aliphatic heterocycles. The van der Waals surface area contributed by atoms with Crippen LogP contribution in [0.2, 0.25) is 4.47 Å². The number of hydrogen-bond acceptors (Lipinski definition) is 6. The van der Waals surface area contributed by atoms with Gasteiger partial charge in [-0.25, -0.2) is 0 Å². The Kier molecular flexibility index (Phi) is 4.75. The number of nitrogens with zero attached hydrogens (tertiary/aromatic N) is 2. The van der Waals surface area contributed by atoms with Gasteiger partial charge in [0, 0.05) is 11.8 Å². The minimum atomic E-state index is -0.374. The van der Waals surface area contributed by atoms with E-state index in [4.69, 9.17) is 21.1 Å². The molecule has 0 unspecified atom stereocenters. The first-order valence-electron chi connectivity index (χ1n) is 5.75. The Hall–Kier alpha value is -1.86. The van der Waals surface area contributed by atoms with Crippen LogP contribution in [-0.2, 0) is 0 Å². The van der Waals surface area contributed by atoms with Gasteiger partial charge in [-0.15, -0.1) is 10.2 Å². The lowest BCUT2D eigenvalue weighted by molar-refractivity contribution is 0.102. The molecule has 1 amide bonds. The van der Waals surface area contributed by atoms with Gasteiger partial charge in [0.05, 0.1) is 13.7 Å². The summed E-state index contributed by atoms with van der Waals surface area (Å²) in [7, 11) is 1.54. The number of ether oxygens (including phenoxy) is 2. The lowest BCUT2D eigenvalue weighted by Gasteiger charge is -2.11. The van der Waals surface area contributed by atoms with Gasteiger partial charge in [0.25, 0.3) is 5.91 Å². The van der Waals surface area contributed by atoms with Crippen LogP contribution in [0.5, 0.6) is 11.5 Å². The molecule has 6 nitrogen and oxygen atoms in total. The molecule has 0 spiro atoms. The fraction of sp³-hybridized carbons (Fsp3) is 0.250. The predicted octanol–water partition coefficient (Wildman–Crippen LogP) is 2.85. The van der Waals surface area contributed by atoms with Crippen LogP contribution in [0, 0.1) is 0 Å². The van der Waals surface area contributed by atoms with Crippen LogP contribution < -0.4 is 14.8 Å². The topological polar surface area (TPSA) is 73.3 Å². The van der Waals surface area contributed by atoms with Gasteiger partial charge in [-0.05, 0) is 30.7 Å². The highest BCUT2D eigenvalue weighted by atomic mass is 35.5. The number of nitrogens with one attached hydrogen (secondary N) is 1. The van der Waals surface area contributed by atoms with Crippen LogP contribution in [0.15, 0.2) is 18.2 Å². The van der Waals surface area contributed by atoms with E-state index in [0.29, 0.717) is 23.8 Å². The zero-order valence-corrected chi connectivity index (χ0v) is 12.4. The monoisotopic (exact) mass is 313 g/mol. The third-order valence-electron chi connectivity index (χ3n) is 2.32. The summed E-state index contributed by atoms with van der Waals surface area (Å²) in [6.45, 7) is 2.42. The normalized spacial score (nSPS) is 10.2. The summed E-state index contributed by atoms with van der Waals surface area (Å²) in [4.78, 5) is 11.9. The van der Waals surface area contributed by atoms with Crippen molar-refractivity contribution in [3.05, 3.63) is 27.7 Å². The molecule has 0 bridgehead atoms. The van der Waals surface area contributed by atoms with Crippen LogP contribution in [-0.4, -0.2) is 29.8 Å². The van der Waals surface area contributed by atoms with E-state index in [2.05, 4.69) is 15.5 Å². The number of anilines is 1. The van der Waals surface area contributed by atoms with Crippen molar-refractivity contribution in [2.75, 3.05) is 19.0 Å². The summed E-state index contributed by atoms with van der Waals surface area (Å²) in [6, 6.07) is 5.12. The van der Waals surface area contributed by atoms with E-state index in [-0.39, 0.29) is 15.4 Å². The Morgan fingerprint density at radius 1 is 1.40 bits per heavy atom. The molecular weight excluding hydrogens is 302 g/mol. The van der Waals surface area contributed by atoms with Gasteiger partial charge in [-0.1, -0.05) is 11.3 Å². The number of halogens is 1. The predicted molar refractivity (Wildman–Crippen MR) is 77.0 cm³/mol. The molecular formula is C12H12ClN3O3S. The number of amides is 1. The van der Waals surface area contributed by atoms with Crippen molar-refractivity contribution < 1.29 is 14.3 Å². The molecule has 0 atom stereocenters. The number of benzene rings is 1. The molecule has 106 valence electrons. The zero-order chi connectivity index (χ0) is 14.5. The van der Waals surface area contributed by atoms with Gasteiger partial charge in [0.2, 0.25) is 9.47 Å². The van der Waals surface area contributed by atoms with E-state index in [1.807, 2.05) is 6.92 Å². The van der Waals surface area contributed by atoms with Gasteiger partial charge < -0.3 is 14.8 Å². The minimum Gasteiger partial charge on any atom is -0.493 e. The largest absolute Gasteiger partial charge is 0.493 e. The fourth-order valence-corrected chi connectivity index (χ4v) is 2.23. The summed E-state index contributed by atoms with van der Waals surface area (Å²) >= 11 is 6.65. The molecule has 0 aliphatic carbocycles. The molecule has 2 rings (SSSR count). The van der Waals surface area contributed by atoms with Crippen LogP contribution >= 0.6 is 22.9 Å². The SMILES string of the molecule is CCOc1ccc(NC(=O)c2nnc(Cl)s2)cc1OC. The molecule has 0 aliphatic rings. The molecule has 0 radical (unpaired) electrons. The van der Waals surface area contributed by atoms with E-state index in [1.165, 1.54) is 7.11 Å². The third kappa shape index (κ3) is 3.37. The number of hydrogen-bond donors (Lipinski definition) is 1. The van der Waals surface area contributed by atoms with E-state index in [9.17, 15) is 4.79 Å². The number of rotatable bonds is 5. The van der Waals surface area contributed by atoms with E-state index in [1.54, 1.807) is 18.2 Å². The fourth-order valence-electron chi connectivity index (χ4n) is 1.50. The van der Waals surface area contributed by atoms with Gasteiger partial charge >= 0.3 is 0 Å². The molecule has 20 heavy (non-hydrogen) atoms. The summed E-state index contributed by atoms with van der Waals surface area (Å²) in [5.74, 6) is 0.785. The quantitative estimate of drug-likeness (QED) is 0.918. The molecule has 8 heteroatoms. The maximum atomic E-state index is 11.9. The molecule has 1 aromatic carbocycles. The summed E-state index contributed by atoms with van der Waals surface area (Å²) in [5.41, 5.74) is 0.571. The van der Waals surface area contributed by atoms with Crippen LogP contribution in [0.1, 0.15) is 16.7 Å². The number of methoxy groups -OCH3 is 1. The van der Waals surface area contributed by atoms with Crippen molar-refractivity contribution in [2.24, 2.45) is 0 Å². The Labute approximate surface area is 124 Å². The number of aromatic nitrogens is 2. The highest BCUT2D eigenvalue weighted by Gasteiger charge is 2.13. The van der Waals surface area contributed by atoms with E-state index >= 15 is 0 Å². The van der Waals surface area contributed by atoms with Gasteiger partial charge in [-0.3, -0.25) is 4.79 Å². The smallest absolute Gasteiger partial charge is 0.286 e. The van der Waals surface area contributed by atoms with Crippen molar-refractivity contribution in [3.63, 3.8) is 0 Å². The first-order valence-corrected chi connectivity index (χ1v) is 6.94. The van der Waals surface area contributed by atoms with Crippen molar-refractivity contribution in [1.82, 2.24) is 10.2 Å². The van der Waals surface area contributed by atoms with Crippen LogP contribution in [0.25, 0.3) is 0 Å². The van der Waals surface area contributed by atoms with E-state index in [0.717, 1.165) is 11.3 Å². The van der Waals surface area contributed by atoms with Crippen molar-refractivity contribution >= 4 is 34.5 Å². The lowest BCUT2D eigenvalue weighted by Crippen LogP contribution is -2.11. The maximum absolute atomic E-state index is 11.9. The number of carbonyl (C=O) groups is 1.